The maximum atomic E-state index is 12.5. The molecule has 0 amide bonds. The molecule has 98 valence electrons. The zero-order valence-electron chi connectivity index (χ0n) is 9.91. The minimum atomic E-state index is -0.0449. The van der Waals surface area contributed by atoms with E-state index in [0.717, 1.165) is 13.4 Å². The third kappa shape index (κ3) is 3.27. The second kappa shape index (κ2) is 6.20. The molecule has 5 heteroatoms. The topological polar surface area (TPSA) is 26.3 Å². The summed E-state index contributed by atoms with van der Waals surface area (Å²) in [4.78, 5) is 12.5. The Morgan fingerprint density at radius 3 is 2.37 bits per heavy atom. The minimum Gasteiger partial charge on any atom is -0.496 e. The second-order valence-corrected chi connectivity index (χ2v) is 6.43. The molecule has 0 radical (unpaired) electrons. The first-order chi connectivity index (χ1) is 9.02. The fourth-order valence-corrected chi connectivity index (χ4v) is 2.96. The molecule has 0 bridgehead atoms. The summed E-state index contributed by atoms with van der Waals surface area (Å²) >= 11 is 10.2. The van der Waals surface area contributed by atoms with Gasteiger partial charge in [0.05, 0.1) is 11.6 Å². The van der Waals surface area contributed by atoms with Crippen molar-refractivity contribution in [3.8, 4) is 5.75 Å². The van der Waals surface area contributed by atoms with Crippen molar-refractivity contribution in [2.75, 3.05) is 7.11 Å². The van der Waals surface area contributed by atoms with Crippen molar-refractivity contribution >= 4 is 53.6 Å². The quantitative estimate of drug-likeness (QED) is 0.602. The number of ether oxygens (including phenoxy) is 1. The molecule has 0 saturated carbocycles. The standard InChI is InChI=1S/C14H9Br3O2/c1-19-13-5-2-8(6-12(13)17)14(18)10-7-9(15)3-4-11(10)16/h2-7H,1H3. The zero-order valence-corrected chi connectivity index (χ0v) is 14.7. The molecule has 19 heavy (non-hydrogen) atoms. The van der Waals surface area contributed by atoms with Crippen molar-refractivity contribution in [1.82, 2.24) is 0 Å². The van der Waals surface area contributed by atoms with Gasteiger partial charge in [0.15, 0.2) is 5.78 Å². The molecule has 0 aliphatic carbocycles. The van der Waals surface area contributed by atoms with Gasteiger partial charge in [-0.15, -0.1) is 0 Å². The van der Waals surface area contributed by atoms with Gasteiger partial charge in [-0.2, -0.15) is 0 Å². The van der Waals surface area contributed by atoms with Crippen molar-refractivity contribution in [3.05, 3.63) is 60.9 Å². The first kappa shape index (κ1) is 14.8. The molecule has 0 aliphatic heterocycles. The Morgan fingerprint density at radius 1 is 1.00 bits per heavy atom. The van der Waals surface area contributed by atoms with E-state index in [4.69, 9.17) is 4.74 Å². The zero-order chi connectivity index (χ0) is 14.0. The van der Waals surface area contributed by atoms with Crippen LogP contribution in [0.15, 0.2) is 49.8 Å². The molecule has 0 fully saturated rings. The summed E-state index contributed by atoms with van der Waals surface area (Å²) in [7, 11) is 1.59. The Balaban J connectivity index is 2.44. The highest BCUT2D eigenvalue weighted by molar-refractivity contribution is 9.11. The van der Waals surface area contributed by atoms with E-state index in [2.05, 4.69) is 47.8 Å². The van der Waals surface area contributed by atoms with Crippen LogP contribution in [-0.2, 0) is 0 Å². The van der Waals surface area contributed by atoms with Gasteiger partial charge in [0.1, 0.15) is 5.75 Å². The van der Waals surface area contributed by atoms with Gasteiger partial charge in [-0.1, -0.05) is 31.9 Å². The van der Waals surface area contributed by atoms with E-state index in [0.29, 0.717) is 16.9 Å². The summed E-state index contributed by atoms with van der Waals surface area (Å²) in [6, 6.07) is 10.8. The van der Waals surface area contributed by atoms with Gasteiger partial charge in [0.2, 0.25) is 0 Å². The predicted molar refractivity (Wildman–Crippen MR) is 86.0 cm³/mol. The molecule has 2 rings (SSSR count). The molecule has 2 aromatic rings. The Bertz CT molecular complexity index is 639. The lowest BCUT2D eigenvalue weighted by Crippen LogP contribution is -2.02. The van der Waals surface area contributed by atoms with Crippen LogP contribution in [-0.4, -0.2) is 12.9 Å². The molecule has 0 atom stereocenters. The van der Waals surface area contributed by atoms with Crippen LogP contribution < -0.4 is 4.74 Å². The molecule has 0 saturated heterocycles. The average molecular weight is 449 g/mol. The predicted octanol–water partition coefficient (Wildman–Crippen LogP) is 5.21. The van der Waals surface area contributed by atoms with E-state index in [-0.39, 0.29) is 5.78 Å². The maximum absolute atomic E-state index is 12.5. The Hall–Kier alpha value is -0.650. The summed E-state index contributed by atoms with van der Waals surface area (Å²) in [5.74, 6) is 0.654. The van der Waals surface area contributed by atoms with Crippen LogP contribution >= 0.6 is 47.8 Å². The fourth-order valence-electron chi connectivity index (χ4n) is 1.63. The molecule has 0 aromatic heterocycles. The van der Waals surface area contributed by atoms with E-state index in [9.17, 15) is 4.79 Å². The van der Waals surface area contributed by atoms with E-state index in [1.165, 1.54) is 0 Å². The van der Waals surface area contributed by atoms with Crippen LogP contribution in [0.3, 0.4) is 0 Å². The molecule has 0 spiro atoms. The number of carbonyl (C=O) groups is 1. The first-order valence-electron chi connectivity index (χ1n) is 5.36. The normalized spacial score (nSPS) is 10.3. The molecule has 0 N–H and O–H groups in total. The second-order valence-electron chi connectivity index (χ2n) is 3.80. The number of methoxy groups -OCH3 is 1. The van der Waals surface area contributed by atoms with Crippen LogP contribution in [0.2, 0.25) is 0 Å². The highest BCUT2D eigenvalue weighted by Crippen LogP contribution is 2.29. The smallest absolute Gasteiger partial charge is 0.194 e. The molecule has 0 heterocycles. The molecule has 0 aliphatic rings. The molecule has 2 nitrogen and oxygen atoms in total. The fraction of sp³-hybridized carbons (Fsp3) is 0.0714. The third-order valence-electron chi connectivity index (χ3n) is 2.59. The Kier molecular flexibility index (Phi) is 4.81. The average Bonchev–Trinajstić information content (AvgIpc) is 2.40. The van der Waals surface area contributed by atoms with Gasteiger partial charge in [-0.3, -0.25) is 4.79 Å². The number of rotatable bonds is 3. The highest BCUT2D eigenvalue weighted by atomic mass is 79.9. The van der Waals surface area contributed by atoms with Gasteiger partial charge in [0, 0.05) is 20.1 Å². The number of ketones is 1. The van der Waals surface area contributed by atoms with Crippen LogP contribution in [0.1, 0.15) is 15.9 Å². The Labute approximate surface area is 136 Å². The molecule has 2 aromatic carbocycles. The van der Waals surface area contributed by atoms with Crippen molar-refractivity contribution in [2.24, 2.45) is 0 Å². The van der Waals surface area contributed by atoms with E-state index >= 15 is 0 Å². The van der Waals surface area contributed by atoms with Crippen LogP contribution in [0.5, 0.6) is 5.75 Å². The largest absolute Gasteiger partial charge is 0.496 e. The van der Waals surface area contributed by atoms with E-state index < -0.39 is 0 Å². The minimum absolute atomic E-state index is 0.0449. The lowest BCUT2D eigenvalue weighted by molar-refractivity contribution is 0.103. The SMILES string of the molecule is COc1ccc(C(=O)c2cc(Br)ccc2Br)cc1Br. The molecular weight excluding hydrogens is 440 g/mol. The van der Waals surface area contributed by atoms with Gasteiger partial charge in [0.25, 0.3) is 0 Å². The number of carbonyl (C=O) groups excluding carboxylic acids is 1. The lowest BCUT2D eigenvalue weighted by Gasteiger charge is -2.07. The number of hydrogen-bond acceptors (Lipinski definition) is 2. The monoisotopic (exact) mass is 446 g/mol. The summed E-state index contributed by atoms with van der Waals surface area (Å²) < 4.78 is 7.55. The van der Waals surface area contributed by atoms with E-state index in [1.807, 2.05) is 12.1 Å². The Morgan fingerprint density at radius 2 is 1.74 bits per heavy atom. The number of halogens is 3. The van der Waals surface area contributed by atoms with Gasteiger partial charge in [-0.25, -0.2) is 0 Å². The van der Waals surface area contributed by atoms with Crippen molar-refractivity contribution in [3.63, 3.8) is 0 Å². The lowest BCUT2D eigenvalue weighted by atomic mass is 10.0. The number of benzene rings is 2. The van der Waals surface area contributed by atoms with Crippen LogP contribution in [0.25, 0.3) is 0 Å². The van der Waals surface area contributed by atoms with Gasteiger partial charge < -0.3 is 4.74 Å². The molecule has 0 unspecified atom stereocenters. The summed E-state index contributed by atoms with van der Waals surface area (Å²) in [5.41, 5.74) is 1.22. The van der Waals surface area contributed by atoms with Crippen LogP contribution in [0.4, 0.5) is 0 Å². The molecular formula is C14H9Br3O2. The van der Waals surface area contributed by atoms with Gasteiger partial charge in [-0.05, 0) is 52.3 Å². The third-order valence-corrected chi connectivity index (χ3v) is 4.39. The summed E-state index contributed by atoms with van der Waals surface area (Å²) in [6.07, 6.45) is 0. The highest BCUT2D eigenvalue weighted by Gasteiger charge is 2.14. The van der Waals surface area contributed by atoms with Crippen molar-refractivity contribution < 1.29 is 9.53 Å². The van der Waals surface area contributed by atoms with Crippen LogP contribution in [0, 0.1) is 0 Å². The van der Waals surface area contributed by atoms with Gasteiger partial charge >= 0.3 is 0 Å². The van der Waals surface area contributed by atoms with E-state index in [1.54, 1.807) is 31.4 Å². The first-order valence-corrected chi connectivity index (χ1v) is 7.74. The van der Waals surface area contributed by atoms with Crippen molar-refractivity contribution in [1.29, 1.82) is 0 Å². The van der Waals surface area contributed by atoms with Crippen molar-refractivity contribution in [2.45, 2.75) is 0 Å². The maximum Gasteiger partial charge on any atom is 0.194 e. The number of hydrogen-bond donors (Lipinski definition) is 0. The summed E-state index contributed by atoms with van der Waals surface area (Å²) in [5, 5.41) is 0. The summed E-state index contributed by atoms with van der Waals surface area (Å²) in [6.45, 7) is 0.